The highest BCUT2D eigenvalue weighted by Crippen LogP contribution is 2.38. The van der Waals surface area contributed by atoms with E-state index in [0.717, 1.165) is 60.8 Å². The molecule has 12 heteroatoms. The molecule has 3 aromatic carbocycles. The van der Waals surface area contributed by atoms with Crippen LogP contribution in [0.25, 0.3) is 10.9 Å². The van der Waals surface area contributed by atoms with E-state index in [1.807, 2.05) is 31.2 Å². The normalized spacial score (nSPS) is 13.3. The van der Waals surface area contributed by atoms with Crippen LogP contribution in [0.15, 0.2) is 66.9 Å². The Balaban J connectivity index is 1.23. The molecule has 0 atom stereocenters. The van der Waals surface area contributed by atoms with Crippen molar-refractivity contribution < 1.29 is 32.9 Å². The van der Waals surface area contributed by atoms with Gasteiger partial charge in [-0.15, -0.1) is 0 Å². The number of carbonyl (C=O) groups excluding carboxylic acids is 2. The summed E-state index contributed by atoms with van der Waals surface area (Å²) in [7, 11) is 1.55. The summed E-state index contributed by atoms with van der Waals surface area (Å²) in [5.41, 5.74) is 2.43. The first-order valence-corrected chi connectivity index (χ1v) is 15.0. The zero-order valence-corrected chi connectivity index (χ0v) is 26.0. The molecule has 0 aliphatic carbocycles. The number of anilines is 1. The van der Waals surface area contributed by atoms with Crippen LogP contribution in [-0.4, -0.2) is 68.4 Å². The van der Waals surface area contributed by atoms with E-state index in [1.165, 1.54) is 12.1 Å². The standard InChI is InChI=1S/C33H35FN4O6S/c1-22-6-3-4-7-23(22)18-32(39)36-33(40)38(45)24-8-9-29(26(34)19-24)44-28-10-11-35-27-21-31(30(41-2)20-25(27)28)43-15-5-12-37-13-16-42-17-14-37/h3-4,6-11,19-21,45H,5,12-18H2,1-2H3,(H,36,39,40). The van der Waals surface area contributed by atoms with Crippen molar-refractivity contribution in [2.75, 3.05) is 50.9 Å². The quantitative estimate of drug-likeness (QED) is 0.160. The smallest absolute Gasteiger partial charge is 0.338 e. The third-order valence-electron chi connectivity index (χ3n) is 7.40. The van der Waals surface area contributed by atoms with Crippen LogP contribution >= 0.6 is 12.8 Å². The predicted octanol–water partition coefficient (Wildman–Crippen LogP) is 5.71. The highest BCUT2D eigenvalue weighted by molar-refractivity contribution is 7.82. The number of hydrogen-bond donors (Lipinski definition) is 2. The molecule has 4 aromatic rings. The molecule has 5 rings (SSSR count). The molecule has 1 fully saturated rings. The number of rotatable bonds is 11. The Hall–Kier alpha value is -4.39. The molecule has 1 aromatic heterocycles. The number of thiol groups is 1. The van der Waals surface area contributed by atoms with Gasteiger partial charge in [0.05, 0.1) is 44.6 Å². The van der Waals surface area contributed by atoms with Gasteiger partial charge in [-0.05, 0) is 48.7 Å². The largest absolute Gasteiger partial charge is 0.493 e. The minimum absolute atomic E-state index is 0.0222. The van der Waals surface area contributed by atoms with Crippen LogP contribution in [0.1, 0.15) is 17.5 Å². The first-order valence-electron chi connectivity index (χ1n) is 14.6. The van der Waals surface area contributed by atoms with Crippen molar-refractivity contribution >= 4 is 41.3 Å². The van der Waals surface area contributed by atoms with Gasteiger partial charge in [0, 0.05) is 43.4 Å². The van der Waals surface area contributed by atoms with E-state index in [0.29, 0.717) is 34.8 Å². The van der Waals surface area contributed by atoms with E-state index in [4.69, 9.17) is 18.9 Å². The van der Waals surface area contributed by atoms with Gasteiger partial charge in [0.2, 0.25) is 5.91 Å². The molecular weight excluding hydrogens is 599 g/mol. The van der Waals surface area contributed by atoms with Gasteiger partial charge < -0.3 is 18.9 Å². The van der Waals surface area contributed by atoms with E-state index in [9.17, 15) is 9.59 Å². The number of aromatic nitrogens is 1. The highest BCUT2D eigenvalue weighted by atomic mass is 32.1. The number of methoxy groups -OCH3 is 1. The molecule has 0 bridgehead atoms. The Kier molecular flexibility index (Phi) is 10.7. The number of nitrogens with one attached hydrogen (secondary N) is 1. The zero-order chi connectivity index (χ0) is 31.8. The lowest BCUT2D eigenvalue weighted by Crippen LogP contribution is -2.39. The summed E-state index contributed by atoms with van der Waals surface area (Å²) in [6.07, 6.45) is 2.43. The Labute approximate surface area is 266 Å². The molecule has 3 amide bonds. The van der Waals surface area contributed by atoms with Crippen molar-refractivity contribution in [3.8, 4) is 23.0 Å². The molecule has 0 spiro atoms. The highest BCUT2D eigenvalue weighted by Gasteiger charge is 2.19. The molecule has 1 N–H and O–H groups in total. The number of amides is 3. The van der Waals surface area contributed by atoms with Crippen molar-refractivity contribution in [2.45, 2.75) is 19.8 Å². The van der Waals surface area contributed by atoms with Crippen molar-refractivity contribution in [1.29, 1.82) is 0 Å². The van der Waals surface area contributed by atoms with Gasteiger partial charge in [-0.3, -0.25) is 20.0 Å². The number of urea groups is 1. The van der Waals surface area contributed by atoms with Crippen LogP contribution in [0, 0.1) is 12.7 Å². The lowest BCUT2D eigenvalue weighted by atomic mass is 10.1. The minimum atomic E-state index is -0.809. The minimum Gasteiger partial charge on any atom is -0.493 e. The molecule has 1 aliphatic rings. The van der Waals surface area contributed by atoms with Crippen LogP contribution in [0.2, 0.25) is 0 Å². The van der Waals surface area contributed by atoms with E-state index in [1.54, 1.807) is 31.5 Å². The molecule has 2 heterocycles. The van der Waals surface area contributed by atoms with Gasteiger partial charge in [-0.25, -0.2) is 13.5 Å². The van der Waals surface area contributed by atoms with Crippen LogP contribution in [0.3, 0.4) is 0 Å². The zero-order valence-electron chi connectivity index (χ0n) is 25.1. The molecule has 0 radical (unpaired) electrons. The predicted molar refractivity (Wildman–Crippen MR) is 172 cm³/mol. The summed E-state index contributed by atoms with van der Waals surface area (Å²) >= 11 is 4.17. The number of benzene rings is 3. The number of fused-ring (bicyclic) bond motifs is 1. The SMILES string of the molecule is COc1cc2c(Oc3ccc(N(S)C(=O)NC(=O)Cc4ccccc4C)cc3F)ccnc2cc1OCCCN1CCOCC1. The van der Waals surface area contributed by atoms with Crippen molar-refractivity contribution in [2.24, 2.45) is 0 Å². The average Bonchev–Trinajstić information content (AvgIpc) is 3.05. The number of hydrogen-bond acceptors (Lipinski definition) is 9. The Bertz CT molecular complexity index is 1670. The number of morpholine rings is 1. The molecule has 1 aliphatic heterocycles. The van der Waals surface area contributed by atoms with Gasteiger partial charge >= 0.3 is 6.03 Å². The van der Waals surface area contributed by atoms with E-state index < -0.39 is 17.8 Å². The van der Waals surface area contributed by atoms with Crippen molar-refractivity contribution in [3.63, 3.8) is 0 Å². The van der Waals surface area contributed by atoms with Crippen molar-refractivity contribution in [3.05, 3.63) is 83.8 Å². The van der Waals surface area contributed by atoms with E-state index >= 15 is 4.39 Å². The fourth-order valence-electron chi connectivity index (χ4n) is 4.92. The Morgan fingerprint density at radius 2 is 1.84 bits per heavy atom. The Morgan fingerprint density at radius 1 is 1.04 bits per heavy atom. The molecule has 10 nitrogen and oxygen atoms in total. The van der Waals surface area contributed by atoms with Gasteiger partial charge in [-0.1, -0.05) is 37.1 Å². The molecule has 0 saturated carbocycles. The van der Waals surface area contributed by atoms with Crippen LogP contribution in [-0.2, 0) is 16.0 Å². The summed E-state index contributed by atoms with van der Waals surface area (Å²) in [5.74, 6) is 0.0866. The van der Waals surface area contributed by atoms with E-state index in [-0.39, 0.29) is 17.9 Å². The summed E-state index contributed by atoms with van der Waals surface area (Å²) in [4.78, 5) is 31.8. The maximum atomic E-state index is 15.2. The van der Waals surface area contributed by atoms with Crippen LogP contribution in [0.5, 0.6) is 23.0 Å². The van der Waals surface area contributed by atoms with Crippen LogP contribution < -0.4 is 23.8 Å². The summed E-state index contributed by atoms with van der Waals surface area (Å²) < 4.78 is 39.0. The first-order chi connectivity index (χ1) is 21.8. The molecule has 236 valence electrons. The third-order valence-corrected chi connectivity index (χ3v) is 7.81. The second kappa shape index (κ2) is 15.1. The van der Waals surface area contributed by atoms with Gasteiger partial charge in [0.1, 0.15) is 5.75 Å². The Morgan fingerprint density at radius 3 is 2.60 bits per heavy atom. The summed E-state index contributed by atoms with van der Waals surface area (Å²) in [6, 6.07) is 15.7. The lowest BCUT2D eigenvalue weighted by Gasteiger charge is -2.26. The maximum absolute atomic E-state index is 15.2. The maximum Gasteiger partial charge on any atom is 0.338 e. The number of nitrogens with zero attached hydrogens (tertiary/aromatic N) is 3. The third kappa shape index (κ3) is 8.21. The second-order valence-electron chi connectivity index (χ2n) is 10.5. The fourth-order valence-corrected chi connectivity index (χ4v) is 5.10. The number of imide groups is 1. The molecule has 45 heavy (non-hydrogen) atoms. The number of pyridine rings is 1. The fraction of sp³-hybridized carbons (Fsp3) is 0.303. The monoisotopic (exact) mass is 634 g/mol. The number of carbonyl (C=O) groups is 2. The summed E-state index contributed by atoms with van der Waals surface area (Å²) in [5, 5.41) is 2.87. The molecular formula is C33H35FN4O6S. The van der Waals surface area contributed by atoms with Crippen LogP contribution in [0.4, 0.5) is 14.9 Å². The van der Waals surface area contributed by atoms with E-state index in [2.05, 4.69) is 28.0 Å². The lowest BCUT2D eigenvalue weighted by molar-refractivity contribution is -0.119. The number of aryl methyl sites for hydroxylation is 1. The summed E-state index contributed by atoms with van der Waals surface area (Å²) in [6.45, 7) is 6.67. The molecule has 0 unspecified atom stereocenters. The second-order valence-corrected chi connectivity index (χ2v) is 10.9. The van der Waals surface area contributed by atoms with Crippen molar-refractivity contribution in [1.82, 2.24) is 15.2 Å². The van der Waals surface area contributed by atoms with Gasteiger partial charge in [0.15, 0.2) is 23.1 Å². The van der Waals surface area contributed by atoms with Gasteiger partial charge in [-0.2, -0.15) is 0 Å². The number of halogens is 1. The van der Waals surface area contributed by atoms with Gasteiger partial charge in [0.25, 0.3) is 0 Å². The first kappa shape index (κ1) is 32.0. The molecule has 1 saturated heterocycles. The number of ether oxygens (including phenoxy) is 4. The average molecular weight is 635 g/mol. The topological polar surface area (TPSA) is 102 Å².